The van der Waals surface area contributed by atoms with Crippen LogP contribution in [0.5, 0.6) is 0 Å². The molecule has 1 aromatic rings. The molecule has 0 spiro atoms. The van der Waals surface area contributed by atoms with E-state index in [1.807, 2.05) is 17.5 Å². The Balaban J connectivity index is 2.62. The van der Waals surface area contributed by atoms with E-state index < -0.39 is 0 Å². The lowest BCUT2D eigenvalue weighted by Gasteiger charge is -2.27. The second-order valence-electron chi connectivity index (χ2n) is 5.44. The summed E-state index contributed by atoms with van der Waals surface area (Å²) in [6, 6.07) is 0. The van der Waals surface area contributed by atoms with Gasteiger partial charge in [0, 0.05) is 5.41 Å². The van der Waals surface area contributed by atoms with Gasteiger partial charge in [0.15, 0.2) is 0 Å². The molecule has 0 aliphatic heterocycles. The second kappa shape index (κ2) is 8.31. The van der Waals surface area contributed by atoms with Crippen molar-refractivity contribution in [3.63, 3.8) is 0 Å². The Hall–Kier alpha value is 0.110. The first-order valence-electron chi connectivity index (χ1n) is 7.24. The Labute approximate surface area is 125 Å². The third-order valence-corrected chi connectivity index (χ3v) is 5.44. The van der Waals surface area contributed by atoms with E-state index in [4.69, 9.17) is 0 Å². The minimum atomic E-state index is 0.292. The van der Waals surface area contributed by atoms with Crippen molar-refractivity contribution in [1.82, 2.24) is 4.98 Å². The van der Waals surface area contributed by atoms with Crippen LogP contribution in [0.15, 0.2) is 9.98 Å². The van der Waals surface area contributed by atoms with E-state index in [9.17, 15) is 0 Å². The number of hydrogen-bond acceptors (Lipinski definition) is 2. The number of aromatic nitrogens is 1. The molecular weight excluding hydrogens is 306 g/mol. The summed E-state index contributed by atoms with van der Waals surface area (Å²) in [5, 5.41) is 1.32. The van der Waals surface area contributed by atoms with E-state index in [0.29, 0.717) is 5.41 Å². The van der Waals surface area contributed by atoms with Crippen LogP contribution in [0.4, 0.5) is 0 Å². The van der Waals surface area contributed by atoms with Crippen LogP contribution >= 0.6 is 27.3 Å². The maximum Gasteiger partial charge on any atom is 0.0995 e. The van der Waals surface area contributed by atoms with Gasteiger partial charge in [-0.2, -0.15) is 0 Å². The van der Waals surface area contributed by atoms with Gasteiger partial charge in [0.25, 0.3) is 0 Å². The topological polar surface area (TPSA) is 12.9 Å². The normalized spacial score (nSPS) is 14.7. The standard InChI is InChI=1S/C15H26BrNS/c1-4-6-8-9-11-15(3,10-7-5-2)14-17-12-13(16)18-14/h12H,4-11H2,1-3H3. The van der Waals surface area contributed by atoms with Crippen LogP contribution in [0, 0.1) is 0 Å². The van der Waals surface area contributed by atoms with E-state index in [1.165, 1.54) is 56.4 Å². The zero-order valence-electron chi connectivity index (χ0n) is 12.0. The van der Waals surface area contributed by atoms with Crippen molar-refractivity contribution in [2.45, 2.75) is 77.6 Å². The van der Waals surface area contributed by atoms with Gasteiger partial charge in [-0.05, 0) is 28.8 Å². The first-order chi connectivity index (χ1) is 8.62. The molecule has 104 valence electrons. The van der Waals surface area contributed by atoms with Gasteiger partial charge in [0.2, 0.25) is 0 Å². The maximum atomic E-state index is 4.61. The second-order valence-corrected chi connectivity index (χ2v) is 7.85. The molecule has 1 unspecified atom stereocenters. The molecule has 1 aromatic heterocycles. The predicted octanol–water partition coefficient (Wildman–Crippen LogP) is 6.32. The van der Waals surface area contributed by atoms with E-state index >= 15 is 0 Å². The number of thiazole rings is 1. The monoisotopic (exact) mass is 331 g/mol. The lowest BCUT2D eigenvalue weighted by atomic mass is 9.80. The number of nitrogens with zero attached hydrogens (tertiary/aromatic N) is 1. The molecule has 0 bridgehead atoms. The van der Waals surface area contributed by atoms with Gasteiger partial charge in [0.1, 0.15) is 0 Å². The van der Waals surface area contributed by atoms with E-state index in [-0.39, 0.29) is 0 Å². The van der Waals surface area contributed by atoms with Crippen LogP contribution in [-0.4, -0.2) is 4.98 Å². The van der Waals surface area contributed by atoms with Crippen molar-refractivity contribution in [2.24, 2.45) is 0 Å². The molecule has 0 aliphatic carbocycles. The largest absolute Gasteiger partial charge is 0.248 e. The highest BCUT2D eigenvalue weighted by Gasteiger charge is 2.28. The van der Waals surface area contributed by atoms with Crippen molar-refractivity contribution >= 4 is 27.3 Å². The highest BCUT2D eigenvalue weighted by atomic mass is 79.9. The summed E-state index contributed by atoms with van der Waals surface area (Å²) in [7, 11) is 0. The lowest BCUT2D eigenvalue weighted by molar-refractivity contribution is 0.368. The van der Waals surface area contributed by atoms with Crippen molar-refractivity contribution in [2.75, 3.05) is 0 Å². The van der Waals surface area contributed by atoms with Crippen molar-refractivity contribution in [3.05, 3.63) is 15.0 Å². The number of hydrogen-bond donors (Lipinski definition) is 0. The molecule has 0 amide bonds. The molecule has 18 heavy (non-hydrogen) atoms. The van der Waals surface area contributed by atoms with Gasteiger partial charge in [-0.15, -0.1) is 11.3 Å². The molecule has 1 nitrogen and oxygen atoms in total. The average Bonchev–Trinajstić information content (AvgIpc) is 2.80. The van der Waals surface area contributed by atoms with Crippen LogP contribution in [0.1, 0.15) is 77.1 Å². The molecule has 0 saturated carbocycles. The average molecular weight is 332 g/mol. The van der Waals surface area contributed by atoms with Gasteiger partial charge >= 0.3 is 0 Å². The quantitative estimate of drug-likeness (QED) is 0.482. The Morgan fingerprint density at radius 1 is 1.11 bits per heavy atom. The Kier molecular flexibility index (Phi) is 7.47. The fourth-order valence-corrected chi connectivity index (χ4v) is 3.79. The molecule has 0 saturated heterocycles. The van der Waals surface area contributed by atoms with Gasteiger partial charge < -0.3 is 0 Å². The Bertz CT molecular complexity index is 337. The van der Waals surface area contributed by atoms with Gasteiger partial charge in [0.05, 0.1) is 15.0 Å². The third-order valence-electron chi connectivity index (χ3n) is 3.66. The van der Waals surface area contributed by atoms with Gasteiger partial charge in [-0.25, -0.2) is 4.98 Å². The summed E-state index contributed by atoms with van der Waals surface area (Å²) in [6.07, 6.45) is 12.5. The van der Waals surface area contributed by atoms with Crippen LogP contribution in [0.25, 0.3) is 0 Å². The number of rotatable bonds is 9. The number of unbranched alkanes of at least 4 members (excludes halogenated alkanes) is 4. The maximum absolute atomic E-state index is 4.61. The van der Waals surface area contributed by atoms with E-state index in [0.717, 1.165) is 3.79 Å². The molecule has 0 N–H and O–H groups in total. The lowest BCUT2D eigenvalue weighted by Crippen LogP contribution is -2.21. The van der Waals surface area contributed by atoms with Crippen molar-refractivity contribution in [1.29, 1.82) is 0 Å². The molecule has 0 fully saturated rings. The van der Waals surface area contributed by atoms with Gasteiger partial charge in [-0.1, -0.05) is 59.3 Å². The van der Waals surface area contributed by atoms with E-state index in [1.54, 1.807) is 0 Å². The molecule has 0 aliphatic rings. The Morgan fingerprint density at radius 3 is 2.33 bits per heavy atom. The molecule has 1 rings (SSSR count). The Morgan fingerprint density at radius 2 is 1.78 bits per heavy atom. The molecule has 3 heteroatoms. The molecule has 1 atom stereocenters. The predicted molar refractivity (Wildman–Crippen MR) is 85.5 cm³/mol. The highest BCUT2D eigenvalue weighted by molar-refractivity contribution is 9.11. The van der Waals surface area contributed by atoms with Gasteiger partial charge in [-0.3, -0.25) is 0 Å². The van der Waals surface area contributed by atoms with Crippen molar-refractivity contribution < 1.29 is 0 Å². The summed E-state index contributed by atoms with van der Waals surface area (Å²) >= 11 is 5.36. The summed E-state index contributed by atoms with van der Waals surface area (Å²) in [6.45, 7) is 6.95. The molecule has 0 radical (unpaired) electrons. The fourth-order valence-electron chi connectivity index (χ4n) is 2.38. The number of halogens is 1. The minimum absolute atomic E-state index is 0.292. The summed E-state index contributed by atoms with van der Waals surface area (Å²) in [4.78, 5) is 4.61. The summed E-state index contributed by atoms with van der Waals surface area (Å²) < 4.78 is 1.16. The molecular formula is C15H26BrNS. The van der Waals surface area contributed by atoms with E-state index in [2.05, 4.69) is 41.7 Å². The zero-order valence-corrected chi connectivity index (χ0v) is 14.4. The smallest absolute Gasteiger partial charge is 0.0995 e. The molecule has 0 aromatic carbocycles. The fraction of sp³-hybridized carbons (Fsp3) is 0.800. The summed E-state index contributed by atoms with van der Waals surface area (Å²) in [5.41, 5.74) is 0.292. The van der Waals surface area contributed by atoms with Crippen LogP contribution < -0.4 is 0 Å². The SMILES string of the molecule is CCCCCCC(C)(CCCC)c1ncc(Br)s1. The molecule has 1 heterocycles. The minimum Gasteiger partial charge on any atom is -0.248 e. The first kappa shape index (κ1) is 16.2. The van der Waals surface area contributed by atoms with Crippen LogP contribution in [0.3, 0.4) is 0 Å². The third kappa shape index (κ3) is 5.00. The zero-order chi connectivity index (χ0) is 13.4. The van der Waals surface area contributed by atoms with Crippen LogP contribution in [0.2, 0.25) is 0 Å². The summed E-state index contributed by atoms with van der Waals surface area (Å²) in [5.74, 6) is 0. The van der Waals surface area contributed by atoms with Crippen LogP contribution in [-0.2, 0) is 5.41 Å². The first-order valence-corrected chi connectivity index (χ1v) is 8.85. The highest BCUT2D eigenvalue weighted by Crippen LogP contribution is 2.38. The van der Waals surface area contributed by atoms with Crippen molar-refractivity contribution in [3.8, 4) is 0 Å².